The second kappa shape index (κ2) is 5.77. The molecule has 0 bridgehead atoms. The van der Waals surface area contributed by atoms with Crippen LogP contribution in [0.3, 0.4) is 0 Å². The third kappa shape index (κ3) is 4.09. The van der Waals surface area contributed by atoms with Crippen LogP contribution in [0, 0.1) is 5.92 Å². The first kappa shape index (κ1) is 15.8. The number of carbonyl (C=O) groups excluding carboxylic acids is 2. The standard InChI is InChI=1S/C13H24N2O4/c1-12(2,3)19-11(17)15-7-6-9-8-13(9,14-4)10(16)18-5/h9,14H,6-8H2,1-5H3,(H,15,17)/t9-,13-/m0/s1. The van der Waals surface area contributed by atoms with Gasteiger partial charge >= 0.3 is 12.1 Å². The molecule has 6 heteroatoms. The molecule has 1 fully saturated rings. The number of amides is 1. The summed E-state index contributed by atoms with van der Waals surface area (Å²) in [6, 6.07) is 0. The van der Waals surface area contributed by atoms with Crippen molar-refractivity contribution in [1.82, 2.24) is 10.6 Å². The predicted molar refractivity (Wildman–Crippen MR) is 70.8 cm³/mol. The number of rotatable bonds is 5. The fraction of sp³-hybridized carbons (Fsp3) is 0.846. The van der Waals surface area contributed by atoms with E-state index in [0.29, 0.717) is 6.54 Å². The number of likely N-dealkylation sites (N-methyl/N-ethyl adjacent to an activating group) is 1. The Balaban J connectivity index is 2.29. The summed E-state index contributed by atoms with van der Waals surface area (Å²) >= 11 is 0. The monoisotopic (exact) mass is 272 g/mol. The lowest BCUT2D eigenvalue weighted by molar-refractivity contribution is -0.144. The Morgan fingerprint density at radius 1 is 1.37 bits per heavy atom. The third-order valence-electron chi connectivity index (χ3n) is 3.26. The number of hydrogen-bond acceptors (Lipinski definition) is 5. The van der Waals surface area contributed by atoms with Crippen molar-refractivity contribution in [2.75, 3.05) is 20.7 Å². The molecular weight excluding hydrogens is 248 g/mol. The zero-order chi connectivity index (χ0) is 14.7. The van der Waals surface area contributed by atoms with E-state index in [1.807, 2.05) is 20.8 Å². The van der Waals surface area contributed by atoms with Gasteiger partial charge in [0.25, 0.3) is 0 Å². The van der Waals surface area contributed by atoms with Crippen molar-refractivity contribution < 1.29 is 19.1 Å². The highest BCUT2D eigenvalue weighted by Crippen LogP contribution is 2.46. The van der Waals surface area contributed by atoms with Crippen LogP contribution < -0.4 is 10.6 Å². The van der Waals surface area contributed by atoms with Crippen LogP contribution in [0.15, 0.2) is 0 Å². The molecule has 0 aromatic heterocycles. The molecule has 6 nitrogen and oxygen atoms in total. The van der Waals surface area contributed by atoms with Crippen LogP contribution in [0.25, 0.3) is 0 Å². The first-order valence-electron chi connectivity index (χ1n) is 6.49. The molecular formula is C13H24N2O4. The summed E-state index contributed by atoms with van der Waals surface area (Å²) in [6.45, 7) is 5.93. The van der Waals surface area contributed by atoms with Gasteiger partial charge in [-0.1, -0.05) is 0 Å². The van der Waals surface area contributed by atoms with E-state index in [2.05, 4.69) is 10.6 Å². The lowest BCUT2D eigenvalue weighted by Crippen LogP contribution is -2.40. The Bertz CT molecular complexity index is 351. The van der Waals surface area contributed by atoms with Gasteiger partial charge in [-0.2, -0.15) is 0 Å². The van der Waals surface area contributed by atoms with Crippen molar-refractivity contribution in [2.45, 2.75) is 44.8 Å². The van der Waals surface area contributed by atoms with Crippen LogP contribution >= 0.6 is 0 Å². The molecule has 1 rings (SSSR count). The molecule has 2 N–H and O–H groups in total. The molecule has 0 radical (unpaired) electrons. The lowest BCUT2D eigenvalue weighted by Gasteiger charge is -2.19. The highest BCUT2D eigenvalue weighted by molar-refractivity contribution is 5.85. The topological polar surface area (TPSA) is 76.7 Å². The van der Waals surface area contributed by atoms with E-state index in [-0.39, 0.29) is 11.9 Å². The van der Waals surface area contributed by atoms with Gasteiger partial charge in [0.1, 0.15) is 11.1 Å². The molecule has 110 valence electrons. The van der Waals surface area contributed by atoms with E-state index in [1.165, 1.54) is 7.11 Å². The number of alkyl carbamates (subject to hydrolysis) is 1. The SMILES string of the molecule is CN[C@@]1(C(=O)OC)C[C@@H]1CCNC(=O)OC(C)(C)C. The molecule has 1 saturated carbocycles. The Labute approximate surface area is 114 Å². The van der Waals surface area contributed by atoms with Gasteiger partial charge in [-0.3, -0.25) is 4.79 Å². The molecule has 0 saturated heterocycles. The molecule has 0 heterocycles. The number of hydrogen-bond donors (Lipinski definition) is 2. The molecule has 0 aromatic rings. The highest BCUT2D eigenvalue weighted by atomic mass is 16.6. The van der Waals surface area contributed by atoms with E-state index in [1.54, 1.807) is 7.05 Å². The number of ether oxygens (including phenoxy) is 2. The fourth-order valence-electron chi connectivity index (χ4n) is 2.18. The third-order valence-corrected chi connectivity index (χ3v) is 3.26. The first-order chi connectivity index (χ1) is 8.75. The van der Waals surface area contributed by atoms with Crippen LogP contribution in [0.1, 0.15) is 33.6 Å². The number of esters is 1. The Morgan fingerprint density at radius 3 is 2.47 bits per heavy atom. The van der Waals surface area contributed by atoms with Crippen LogP contribution in [-0.4, -0.2) is 43.9 Å². The molecule has 1 aliphatic rings. The van der Waals surface area contributed by atoms with Crippen molar-refractivity contribution in [3.63, 3.8) is 0 Å². The summed E-state index contributed by atoms with van der Waals surface area (Å²) < 4.78 is 9.91. The maximum absolute atomic E-state index is 11.6. The van der Waals surface area contributed by atoms with Crippen LogP contribution in [0.2, 0.25) is 0 Å². The molecule has 1 amide bonds. The van der Waals surface area contributed by atoms with Crippen LogP contribution in [0.5, 0.6) is 0 Å². The Kier molecular flexibility index (Phi) is 4.79. The lowest BCUT2D eigenvalue weighted by atomic mass is 10.1. The van der Waals surface area contributed by atoms with Gasteiger partial charge in [0, 0.05) is 6.54 Å². The van der Waals surface area contributed by atoms with Crippen molar-refractivity contribution in [2.24, 2.45) is 5.92 Å². The normalized spacial score (nSPS) is 25.6. The van der Waals surface area contributed by atoms with Gasteiger partial charge in [-0.25, -0.2) is 4.79 Å². The van der Waals surface area contributed by atoms with Gasteiger partial charge in [0.05, 0.1) is 7.11 Å². The zero-order valence-electron chi connectivity index (χ0n) is 12.3. The van der Waals surface area contributed by atoms with Gasteiger partial charge in [0.15, 0.2) is 0 Å². The average molecular weight is 272 g/mol. The Morgan fingerprint density at radius 2 is 2.00 bits per heavy atom. The fourth-order valence-corrected chi connectivity index (χ4v) is 2.18. The van der Waals surface area contributed by atoms with Crippen molar-refractivity contribution in [3.05, 3.63) is 0 Å². The molecule has 19 heavy (non-hydrogen) atoms. The molecule has 0 spiro atoms. The summed E-state index contributed by atoms with van der Waals surface area (Å²) in [5.41, 5.74) is -1.06. The van der Waals surface area contributed by atoms with Crippen molar-refractivity contribution in [3.8, 4) is 0 Å². The minimum Gasteiger partial charge on any atom is -0.468 e. The van der Waals surface area contributed by atoms with E-state index in [0.717, 1.165) is 12.8 Å². The van der Waals surface area contributed by atoms with E-state index in [9.17, 15) is 9.59 Å². The van der Waals surface area contributed by atoms with Crippen LogP contribution in [0.4, 0.5) is 4.79 Å². The highest BCUT2D eigenvalue weighted by Gasteiger charge is 2.59. The number of carbonyl (C=O) groups is 2. The van der Waals surface area contributed by atoms with Gasteiger partial charge in [-0.15, -0.1) is 0 Å². The second-order valence-corrected chi connectivity index (χ2v) is 5.83. The maximum atomic E-state index is 11.6. The number of methoxy groups -OCH3 is 1. The van der Waals surface area contributed by atoms with Crippen molar-refractivity contribution >= 4 is 12.1 Å². The van der Waals surface area contributed by atoms with Crippen molar-refractivity contribution in [1.29, 1.82) is 0 Å². The molecule has 1 aliphatic carbocycles. The largest absolute Gasteiger partial charge is 0.468 e. The molecule has 0 aromatic carbocycles. The van der Waals surface area contributed by atoms with E-state index in [4.69, 9.17) is 9.47 Å². The summed E-state index contributed by atoms with van der Waals surface area (Å²) in [4.78, 5) is 23.1. The molecule has 2 atom stereocenters. The number of nitrogens with one attached hydrogen (secondary N) is 2. The summed E-state index contributed by atoms with van der Waals surface area (Å²) in [5.74, 6) is -0.0443. The predicted octanol–water partition coefficient (Wildman–Crippen LogP) is 1.05. The first-order valence-corrected chi connectivity index (χ1v) is 6.49. The molecule has 0 unspecified atom stereocenters. The van der Waals surface area contributed by atoms with Gasteiger partial charge in [0.2, 0.25) is 0 Å². The summed E-state index contributed by atoms with van der Waals surface area (Å²) in [5, 5.41) is 5.70. The van der Waals surface area contributed by atoms with Crippen LogP contribution in [-0.2, 0) is 14.3 Å². The second-order valence-electron chi connectivity index (χ2n) is 5.83. The van der Waals surface area contributed by atoms with Gasteiger partial charge in [-0.05, 0) is 46.6 Å². The smallest absolute Gasteiger partial charge is 0.407 e. The van der Waals surface area contributed by atoms with Gasteiger partial charge < -0.3 is 20.1 Å². The summed E-state index contributed by atoms with van der Waals surface area (Å²) in [6.07, 6.45) is 1.03. The maximum Gasteiger partial charge on any atom is 0.407 e. The molecule has 0 aliphatic heterocycles. The summed E-state index contributed by atoms with van der Waals surface area (Å²) in [7, 11) is 3.13. The minimum atomic E-state index is -0.565. The zero-order valence-corrected chi connectivity index (χ0v) is 12.3. The average Bonchev–Trinajstić information content (AvgIpc) is 3.00. The van der Waals surface area contributed by atoms with E-state index >= 15 is 0 Å². The Hall–Kier alpha value is -1.30. The minimum absolute atomic E-state index is 0.194. The van der Waals surface area contributed by atoms with E-state index < -0.39 is 17.2 Å². The quantitative estimate of drug-likeness (QED) is 0.732.